The van der Waals surface area contributed by atoms with Crippen molar-refractivity contribution < 1.29 is 14.6 Å². The van der Waals surface area contributed by atoms with Crippen LogP contribution in [0.15, 0.2) is 36.4 Å². The summed E-state index contributed by atoms with van der Waals surface area (Å²) in [5.74, 6) is 0.619. The van der Waals surface area contributed by atoms with Crippen LogP contribution in [0.1, 0.15) is 40.4 Å². The third kappa shape index (κ3) is 2.05. The van der Waals surface area contributed by atoms with Crippen molar-refractivity contribution in [2.75, 3.05) is 0 Å². The monoisotopic (exact) mass is 268 g/mol. The smallest absolute Gasteiger partial charge is 0.336 e. The zero-order valence-electron chi connectivity index (χ0n) is 11.3. The third-order valence-corrected chi connectivity index (χ3v) is 3.65. The highest BCUT2D eigenvalue weighted by atomic mass is 16.5. The van der Waals surface area contributed by atoms with Gasteiger partial charge < -0.3 is 9.84 Å². The molecule has 1 aliphatic rings. The van der Waals surface area contributed by atoms with Crippen molar-refractivity contribution in [3.05, 3.63) is 58.7 Å². The van der Waals surface area contributed by atoms with Crippen LogP contribution in [0.4, 0.5) is 0 Å². The first-order valence-electron chi connectivity index (χ1n) is 6.84. The van der Waals surface area contributed by atoms with Crippen molar-refractivity contribution in [2.45, 2.75) is 26.2 Å². The van der Waals surface area contributed by atoms with Crippen LogP contribution in [-0.2, 0) is 12.8 Å². The van der Waals surface area contributed by atoms with E-state index < -0.39 is 5.97 Å². The molecule has 1 aliphatic heterocycles. The van der Waals surface area contributed by atoms with E-state index in [2.05, 4.69) is 6.92 Å². The number of hydrogen-bond donors (Lipinski definition) is 1. The normalized spacial score (nSPS) is 12.2. The molecule has 0 radical (unpaired) electrons. The summed E-state index contributed by atoms with van der Waals surface area (Å²) in [5, 5.41) is 9.54. The Morgan fingerprint density at radius 3 is 2.75 bits per heavy atom. The number of fused-ring (bicyclic) bond motifs is 2. The van der Waals surface area contributed by atoms with Gasteiger partial charge in [-0.2, -0.15) is 0 Å². The molecule has 0 spiro atoms. The molecule has 3 nitrogen and oxygen atoms in total. The lowest BCUT2D eigenvalue weighted by atomic mass is 9.91. The van der Waals surface area contributed by atoms with Crippen LogP contribution in [0.5, 0.6) is 11.5 Å². The van der Waals surface area contributed by atoms with E-state index in [0.717, 1.165) is 35.3 Å². The van der Waals surface area contributed by atoms with Gasteiger partial charge >= 0.3 is 5.97 Å². The zero-order chi connectivity index (χ0) is 14.1. The van der Waals surface area contributed by atoms with Gasteiger partial charge in [0.2, 0.25) is 0 Å². The van der Waals surface area contributed by atoms with Crippen molar-refractivity contribution in [3.8, 4) is 11.5 Å². The number of carbonyl (C=O) groups is 1. The number of rotatable bonds is 3. The number of hydrogen-bond acceptors (Lipinski definition) is 2. The minimum atomic E-state index is -0.867. The molecule has 1 heterocycles. The van der Waals surface area contributed by atoms with E-state index in [0.29, 0.717) is 17.7 Å². The summed E-state index contributed by atoms with van der Waals surface area (Å²) >= 11 is 0. The molecule has 0 atom stereocenters. The van der Waals surface area contributed by atoms with Crippen molar-refractivity contribution in [2.24, 2.45) is 0 Å². The maximum Gasteiger partial charge on any atom is 0.336 e. The van der Waals surface area contributed by atoms with Crippen molar-refractivity contribution in [3.63, 3.8) is 0 Å². The molecule has 0 amide bonds. The van der Waals surface area contributed by atoms with Crippen LogP contribution in [-0.4, -0.2) is 11.1 Å². The van der Waals surface area contributed by atoms with Gasteiger partial charge in [0.1, 0.15) is 11.5 Å². The van der Waals surface area contributed by atoms with Gasteiger partial charge in [-0.25, -0.2) is 4.79 Å². The first-order valence-corrected chi connectivity index (χ1v) is 6.84. The molecule has 102 valence electrons. The highest BCUT2D eigenvalue weighted by Crippen LogP contribution is 2.39. The lowest BCUT2D eigenvalue weighted by Gasteiger charge is -2.23. The fourth-order valence-electron chi connectivity index (χ4n) is 2.75. The van der Waals surface area contributed by atoms with Crippen LogP contribution < -0.4 is 4.74 Å². The highest BCUT2D eigenvalue weighted by molar-refractivity contribution is 5.92. The van der Waals surface area contributed by atoms with E-state index in [-0.39, 0.29) is 0 Å². The number of aryl methyl sites for hydroxylation is 1. The van der Waals surface area contributed by atoms with Crippen LogP contribution >= 0.6 is 0 Å². The van der Waals surface area contributed by atoms with E-state index in [1.165, 1.54) is 0 Å². The van der Waals surface area contributed by atoms with E-state index in [4.69, 9.17) is 4.74 Å². The van der Waals surface area contributed by atoms with Gasteiger partial charge in [0.15, 0.2) is 0 Å². The Kier molecular flexibility index (Phi) is 3.18. The molecule has 2 aromatic carbocycles. The van der Waals surface area contributed by atoms with E-state index >= 15 is 0 Å². The molecule has 3 heteroatoms. The summed E-state index contributed by atoms with van der Waals surface area (Å²) in [6.45, 7) is 2.05. The van der Waals surface area contributed by atoms with E-state index in [1.54, 1.807) is 0 Å². The molecule has 3 rings (SSSR count). The lowest BCUT2D eigenvalue weighted by molar-refractivity contribution is 0.0694. The summed E-state index contributed by atoms with van der Waals surface area (Å²) in [6.07, 6.45) is 2.32. The maximum absolute atomic E-state index is 11.6. The van der Waals surface area contributed by atoms with Gasteiger partial charge in [-0.1, -0.05) is 37.6 Å². The molecule has 0 aromatic heterocycles. The molecule has 0 aliphatic carbocycles. The lowest BCUT2D eigenvalue weighted by Crippen LogP contribution is -2.12. The minimum absolute atomic E-state index is 0.416. The summed E-state index contributed by atoms with van der Waals surface area (Å²) in [4.78, 5) is 11.6. The fourth-order valence-corrected chi connectivity index (χ4v) is 2.75. The second-order valence-electron chi connectivity index (χ2n) is 5.02. The van der Waals surface area contributed by atoms with Crippen LogP contribution in [0.3, 0.4) is 0 Å². The van der Waals surface area contributed by atoms with Crippen LogP contribution in [0, 0.1) is 0 Å². The molecule has 0 saturated heterocycles. The first-order chi connectivity index (χ1) is 9.70. The summed E-state index contributed by atoms with van der Waals surface area (Å²) < 4.78 is 5.84. The molecule has 20 heavy (non-hydrogen) atoms. The number of carboxylic acid groups (broad SMARTS) is 1. The number of benzene rings is 2. The second-order valence-corrected chi connectivity index (χ2v) is 5.02. The SMILES string of the molecule is CCCc1ccc2c(c1C(=O)O)Cc1ccccc1O2. The van der Waals surface area contributed by atoms with Gasteiger partial charge in [-0.15, -0.1) is 0 Å². The Morgan fingerprint density at radius 2 is 2.00 bits per heavy atom. The van der Waals surface area contributed by atoms with Gasteiger partial charge in [-0.05, 0) is 29.7 Å². The Hall–Kier alpha value is -2.29. The molecular formula is C17H16O3. The van der Waals surface area contributed by atoms with Crippen molar-refractivity contribution in [1.82, 2.24) is 0 Å². The fraction of sp³-hybridized carbons (Fsp3) is 0.235. The average molecular weight is 268 g/mol. The molecular weight excluding hydrogens is 252 g/mol. The van der Waals surface area contributed by atoms with Crippen LogP contribution in [0.2, 0.25) is 0 Å². The van der Waals surface area contributed by atoms with Gasteiger partial charge in [-0.3, -0.25) is 0 Å². The second kappa shape index (κ2) is 5.00. The van der Waals surface area contributed by atoms with Crippen molar-refractivity contribution >= 4 is 5.97 Å². The van der Waals surface area contributed by atoms with Crippen LogP contribution in [0.25, 0.3) is 0 Å². The number of ether oxygens (including phenoxy) is 1. The zero-order valence-corrected chi connectivity index (χ0v) is 11.3. The number of carboxylic acids is 1. The largest absolute Gasteiger partial charge is 0.478 e. The highest BCUT2D eigenvalue weighted by Gasteiger charge is 2.24. The summed E-state index contributed by atoms with van der Waals surface area (Å²) in [7, 11) is 0. The third-order valence-electron chi connectivity index (χ3n) is 3.65. The molecule has 0 saturated carbocycles. The predicted octanol–water partition coefficient (Wildman–Crippen LogP) is 4.03. The number of para-hydroxylation sites is 1. The van der Waals surface area contributed by atoms with Gasteiger partial charge in [0.25, 0.3) is 0 Å². The Morgan fingerprint density at radius 1 is 1.20 bits per heavy atom. The first kappa shape index (κ1) is 12.7. The molecule has 1 N–H and O–H groups in total. The van der Waals surface area contributed by atoms with Crippen molar-refractivity contribution in [1.29, 1.82) is 0 Å². The summed E-state index contributed by atoms with van der Waals surface area (Å²) in [5.41, 5.74) is 3.14. The molecule has 0 bridgehead atoms. The Balaban J connectivity index is 2.13. The topological polar surface area (TPSA) is 46.5 Å². The van der Waals surface area contributed by atoms with E-state index in [1.807, 2.05) is 36.4 Å². The molecule has 0 fully saturated rings. The average Bonchev–Trinajstić information content (AvgIpc) is 2.45. The quantitative estimate of drug-likeness (QED) is 0.780. The standard InChI is InChI=1S/C17H16O3/c1-2-5-11-8-9-15-13(16(11)17(18)19)10-12-6-3-4-7-14(12)20-15/h3-4,6-9H,2,5,10H2,1H3,(H,18,19). The Bertz CT molecular complexity index is 674. The van der Waals surface area contributed by atoms with Gasteiger partial charge in [0.05, 0.1) is 5.56 Å². The minimum Gasteiger partial charge on any atom is -0.478 e. The maximum atomic E-state index is 11.6. The van der Waals surface area contributed by atoms with E-state index in [9.17, 15) is 9.90 Å². The molecule has 0 unspecified atom stereocenters. The van der Waals surface area contributed by atoms with Gasteiger partial charge in [0, 0.05) is 12.0 Å². The number of aromatic carboxylic acids is 1. The Labute approximate surface area is 117 Å². The predicted molar refractivity (Wildman–Crippen MR) is 76.7 cm³/mol. The summed E-state index contributed by atoms with van der Waals surface area (Å²) in [6, 6.07) is 11.5. The molecule has 2 aromatic rings.